The van der Waals surface area contributed by atoms with Crippen molar-refractivity contribution >= 4 is 30.1 Å². The minimum atomic E-state index is -0.661. The molecule has 0 aromatic heterocycles. The molecule has 0 aliphatic heterocycles. The molecule has 0 saturated carbocycles. The first-order valence-corrected chi connectivity index (χ1v) is 9.07. The molecule has 2 aromatic carbocycles. The third-order valence-electron chi connectivity index (χ3n) is 3.61. The van der Waals surface area contributed by atoms with Gasteiger partial charge in [-0.05, 0) is 37.2 Å². The van der Waals surface area contributed by atoms with Gasteiger partial charge < -0.3 is 10.6 Å². The number of carbonyl (C=O) groups excluding carboxylic acids is 1. The zero-order chi connectivity index (χ0) is 18.2. The summed E-state index contributed by atoms with van der Waals surface area (Å²) in [6, 6.07) is 12.5. The molecule has 0 saturated heterocycles. The van der Waals surface area contributed by atoms with E-state index >= 15 is 0 Å². The number of likely N-dealkylation sites (N-methyl/N-ethyl adjacent to an activating group) is 1. The van der Waals surface area contributed by atoms with Crippen LogP contribution < -0.4 is 10.6 Å². The Morgan fingerprint density at radius 2 is 1.85 bits per heavy atom. The Bertz CT molecular complexity index is 703. The van der Waals surface area contributed by atoms with Crippen LogP contribution in [0.15, 0.2) is 53.4 Å². The number of carbonyl (C=O) groups is 1. The van der Waals surface area contributed by atoms with Crippen LogP contribution in [0.4, 0.5) is 8.78 Å². The molecule has 7 heteroatoms. The predicted octanol–water partition coefficient (Wildman–Crippen LogP) is 4.33. The summed E-state index contributed by atoms with van der Waals surface area (Å²) in [6.07, 6.45) is 0. The highest BCUT2D eigenvalue weighted by atomic mass is 35.5. The fourth-order valence-electron chi connectivity index (χ4n) is 2.36. The van der Waals surface area contributed by atoms with Gasteiger partial charge in [-0.3, -0.25) is 4.79 Å². The number of halogens is 3. The first kappa shape index (κ1) is 22.4. The van der Waals surface area contributed by atoms with Crippen molar-refractivity contribution < 1.29 is 13.6 Å². The number of hydrogen-bond acceptors (Lipinski definition) is 3. The molecule has 142 valence electrons. The molecule has 0 fully saturated rings. The minimum Gasteiger partial charge on any atom is -0.353 e. The predicted molar refractivity (Wildman–Crippen MR) is 105 cm³/mol. The lowest BCUT2D eigenvalue weighted by Gasteiger charge is -2.19. The zero-order valence-electron chi connectivity index (χ0n) is 14.7. The minimum absolute atomic E-state index is 0. The number of rotatable bonds is 8. The van der Waals surface area contributed by atoms with Crippen molar-refractivity contribution in [3.8, 4) is 0 Å². The molecule has 0 heterocycles. The van der Waals surface area contributed by atoms with Crippen molar-refractivity contribution in [2.45, 2.75) is 30.0 Å². The zero-order valence-corrected chi connectivity index (χ0v) is 16.3. The first-order chi connectivity index (χ1) is 12.0. The molecule has 0 aliphatic carbocycles. The second kappa shape index (κ2) is 11.2. The Morgan fingerprint density at radius 3 is 2.50 bits per heavy atom. The molecule has 1 unspecified atom stereocenters. The van der Waals surface area contributed by atoms with E-state index in [9.17, 15) is 13.6 Å². The highest BCUT2D eigenvalue weighted by Gasteiger charge is 2.23. The van der Waals surface area contributed by atoms with Crippen LogP contribution in [0.5, 0.6) is 0 Å². The summed E-state index contributed by atoms with van der Waals surface area (Å²) in [6.45, 7) is 5.24. The van der Waals surface area contributed by atoms with Crippen molar-refractivity contribution in [3.63, 3.8) is 0 Å². The molecule has 3 nitrogen and oxygen atoms in total. The Kier molecular flexibility index (Phi) is 9.62. The van der Waals surface area contributed by atoms with Gasteiger partial charge in [0.25, 0.3) is 0 Å². The van der Waals surface area contributed by atoms with Crippen LogP contribution in [0.1, 0.15) is 24.7 Å². The van der Waals surface area contributed by atoms with E-state index < -0.39 is 16.9 Å². The molecule has 2 atom stereocenters. The summed E-state index contributed by atoms with van der Waals surface area (Å²) in [4.78, 5) is 12.8. The van der Waals surface area contributed by atoms with E-state index in [0.29, 0.717) is 6.54 Å². The average molecular weight is 401 g/mol. The summed E-state index contributed by atoms with van der Waals surface area (Å²) in [5, 5.41) is 5.44. The van der Waals surface area contributed by atoms with E-state index in [0.717, 1.165) is 42.1 Å². The van der Waals surface area contributed by atoms with Gasteiger partial charge >= 0.3 is 0 Å². The van der Waals surface area contributed by atoms with Gasteiger partial charge in [-0.1, -0.05) is 37.3 Å². The molecule has 0 spiro atoms. The highest BCUT2D eigenvalue weighted by molar-refractivity contribution is 8.00. The number of hydrogen-bond donors (Lipinski definition) is 2. The molecule has 0 radical (unpaired) electrons. The number of amides is 1. The van der Waals surface area contributed by atoms with E-state index in [2.05, 4.69) is 10.6 Å². The lowest BCUT2D eigenvalue weighted by Crippen LogP contribution is -2.40. The third kappa shape index (κ3) is 6.59. The fraction of sp³-hybridized carbons (Fsp3) is 0.316. The normalized spacial score (nSPS) is 12.8. The topological polar surface area (TPSA) is 41.1 Å². The van der Waals surface area contributed by atoms with E-state index in [1.165, 1.54) is 0 Å². The van der Waals surface area contributed by atoms with E-state index in [1.54, 1.807) is 0 Å². The summed E-state index contributed by atoms with van der Waals surface area (Å²) >= 11 is 1.01. The SMILES string of the molecule is CCN[C@H](C)CNC(=O)C(Sc1cc(F)ccc1F)c1ccccc1.Cl. The molecule has 26 heavy (non-hydrogen) atoms. The Hall–Kier alpha value is -1.63. The van der Waals surface area contributed by atoms with Crippen molar-refractivity contribution in [2.75, 3.05) is 13.1 Å². The van der Waals surface area contributed by atoms with Gasteiger partial charge in [-0.25, -0.2) is 8.78 Å². The van der Waals surface area contributed by atoms with E-state index in [1.807, 2.05) is 44.2 Å². The lowest BCUT2D eigenvalue weighted by molar-refractivity contribution is -0.120. The van der Waals surface area contributed by atoms with Gasteiger partial charge in [0, 0.05) is 17.5 Å². The molecule has 2 N–H and O–H groups in total. The maximum Gasteiger partial charge on any atom is 0.238 e. The summed E-state index contributed by atoms with van der Waals surface area (Å²) in [5.74, 6) is -1.30. The number of thioether (sulfide) groups is 1. The maximum atomic E-state index is 14.0. The molecule has 2 aromatic rings. The van der Waals surface area contributed by atoms with Crippen molar-refractivity contribution in [1.29, 1.82) is 0 Å². The smallest absolute Gasteiger partial charge is 0.238 e. The summed E-state index contributed by atoms with van der Waals surface area (Å²) < 4.78 is 27.4. The van der Waals surface area contributed by atoms with Crippen LogP contribution in [0.25, 0.3) is 0 Å². The lowest BCUT2D eigenvalue weighted by atomic mass is 10.1. The van der Waals surface area contributed by atoms with Crippen LogP contribution in [0.3, 0.4) is 0 Å². The van der Waals surface area contributed by atoms with Gasteiger partial charge in [-0.15, -0.1) is 24.2 Å². The fourth-order valence-corrected chi connectivity index (χ4v) is 3.46. The van der Waals surface area contributed by atoms with Gasteiger partial charge in [0.05, 0.1) is 0 Å². The molecule has 2 rings (SSSR count). The van der Waals surface area contributed by atoms with Gasteiger partial charge in [0.2, 0.25) is 5.91 Å². The van der Waals surface area contributed by atoms with Crippen LogP contribution in [0, 0.1) is 11.6 Å². The van der Waals surface area contributed by atoms with E-state index in [-0.39, 0.29) is 29.3 Å². The maximum absolute atomic E-state index is 14.0. The standard InChI is InChI=1S/C19H22F2N2OS.ClH/c1-3-22-13(2)12-23-19(24)18(14-7-5-4-6-8-14)25-17-11-15(20)9-10-16(17)21;/h4-11,13,18,22H,3,12H2,1-2H3,(H,23,24);1H/t13-,18?;/m1./s1. The van der Waals surface area contributed by atoms with Gasteiger partial charge in [0.1, 0.15) is 16.9 Å². The molecule has 0 aliphatic rings. The molecule has 1 amide bonds. The van der Waals surface area contributed by atoms with Crippen LogP contribution >= 0.6 is 24.2 Å². The van der Waals surface area contributed by atoms with Crippen molar-refractivity contribution in [1.82, 2.24) is 10.6 Å². The van der Waals surface area contributed by atoms with Crippen LogP contribution in [-0.2, 0) is 4.79 Å². The van der Waals surface area contributed by atoms with Crippen molar-refractivity contribution in [3.05, 3.63) is 65.7 Å². The second-order valence-electron chi connectivity index (χ2n) is 5.69. The van der Waals surface area contributed by atoms with Crippen LogP contribution in [0.2, 0.25) is 0 Å². The average Bonchev–Trinajstić information content (AvgIpc) is 2.61. The Morgan fingerprint density at radius 1 is 1.15 bits per heavy atom. The van der Waals surface area contributed by atoms with Gasteiger partial charge in [-0.2, -0.15) is 0 Å². The highest BCUT2D eigenvalue weighted by Crippen LogP contribution is 2.37. The molecular weight excluding hydrogens is 378 g/mol. The van der Waals surface area contributed by atoms with E-state index in [4.69, 9.17) is 0 Å². The Balaban J connectivity index is 0.00000338. The quantitative estimate of drug-likeness (QED) is 0.648. The largest absolute Gasteiger partial charge is 0.353 e. The third-order valence-corrected chi connectivity index (χ3v) is 4.90. The monoisotopic (exact) mass is 400 g/mol. The number of benzene rings is 2. The van der Waals surface area contributed by atoms with Gasteiger partial charge in [0.15, 0.2) is 0 Å². The second-order valence-corrected chi connectivity index (χ2v) is 6.83. The van der Waals surface area contributed by atoms with Crippen molar-refractivity contribution in [2.24, 2.45) is 0 Å². The number of nitrogens with one attached hydrogen (secondary N) is 2. The summed E-state index contributed by atoms with van der Waals surface area (Å²) in [5.41, 5.74) is 0.741. The first-order valence-electron chi connectivity index (χ1n) is 8.19. The van der Waals surface area contributed by atoms with Crippen LogP contribution in [-0.4, -0.2) is 25.0 Å². The Labute approximate surface area is 163 Å². The summed E-state index contributed by atoms with van der Waals surface area (Å²) in [7, 11) is 0. The molecule has 0 bridgehead atoms. The molecular formula is C19H23ClF2N2OS.